The number of amides is 2. The molecule has 3 aliphatic rings. The first-order valence-corrected chi connectivity index (χ1v) is 10.3. The minimum absolute atomic E-state index is 0.0386. The van der Waals surface area contributed by atoms with Crippen molar-refractivity contribution in [3.63, 3.8) is 0 Å². The number of benzene rings is 2. The lowest BCUT2D eigenvalue weighted by atomic mass is 9.77. The number of carbonyl (C=O) groups excluding carboxylic acids is 2. The van der Waals surface area contributed by atoms with Gasteiger partial charge in [0.05, 0.1) is 31.6 Å². The molecule has 1 spiro atoms. The summed E-state index contributed by atoms with van der Waals surface area (Å²) >= 11 is 0. The Hall–Kier alpha value is -3.12. The van der Waals surface area contributed by atoms with E-state index in [9.17, 15) is 9.59 Å². The van der Waals surface area contributed by atoms with Crippen LogP contribution in [-0.4, -0.2) is 43.7 Å². The monoisotopic (exact) mass is 404 g/mol. The molecule has 2 saturated heterocycles. The van der Waals surface area contributed by atoms with Crippen molar-refractivity contribution in [1.82, 2.24) is 5.32 Å². The number of rotatable bonds is 6. The molecule has 154 valence electrons. The van der Waals surface area contributed by atoms with Crippen LogP contribution in [0.4, 0.5) is 5.69 Å². The minimum Gasteiger partial charge on any atom is -0.497 e. The van der Waals surface area contributed by atoms with E-state index in [0.29, 0.717) is 19.5 Å². The predicted molar refractivity (Wildman–Crippen MR) is 112 cm³/mol. The Morgan fingerprint density at radius 1 is 1.20 bits per heavy atom. The molecule has 0 aromatic heterocycles. The molecular formula is C24H24N2O4. The Balaban J connectivity index is 1.27. The summed E-state index contributed by atoms with van der Waals surface area (Å²) in [5.74, 6) is -0.321. The second-order valence-corrected chi connectivity index (χ2v) is 8.05. The molecule has 0 radical (unpaired) electrons. The lowest BCUT2D eigenvalue weighted by Gasteiger charge is -2.23. The zero-order valence-electron chi connectivity index (χ0n) is 16.8. The van der Waals surface area contributed by atoms with Gasteiger partial charge in [-0.05, 0) is 36.2 Å². The predicted octanol–water partition coefficient (Wildman–Crippen LogP) is 2.34. The summed E-state index contributed by atoms with van der Waals surface area (Å²) in [6.07, 6.45) is 4.29. The Morgan fingerprint density at radius 2 is 1.97 bits per heavy atom. The molecule has 0 aliphatic carbocycles. The van der Waals surface area contributed by atoms with Crippen LogP contribution in [0.5, 0.6) is 5.75 Å². The first-order valence-electron chi connectivity index (χ1n) is 10.3. The van der Waals surface area contributed by atoms with Gasteiger partial charge < -0.3 is 19.7 Å². The van der Waals surface area contributed by atoms with Gasteiger partial charge in [-0.3, -0.25) is 9.59 Å². The Labute approximate surface area is 175 Å². The fourth-order valence-electron chi connectivity index (χ4n) is 4.86. The highest BCUT2D eigenvalue weighted by Crippen LogP contribution is 2.52. The van der Waals surface area contributed by atoms with Crippen LogP contribution in [0, 0.1) is 11.8 Å². The highest BCUT2D eigenvalue weighted by molar-refractivity contribution is 6.03. The van der Waals surface area contributed by atoms with E-state index in [4.69, 9.17) is 9.47 Å². The maximum Gasteiger partial charge on any atom is 0.234 e. The zero-order chi connectivity index (χ0) is 20.7. The fourth-order valence-corrected chi connectivity index (χ4v) is 4.86. The normalized spacial score (nSPS) is 28.6. The van der Waals surface area contributed by atoms with Crippen molar-refractivity contribution in [3.05, 3.63) is 72.3 Å². The largest absolute Gasteiger partial charge is 0.497 e. The van der Waals surface area contributed by atoms with E-state index in [0.717, 1.165) is 17.0 Å². The standard InChI is InChI=1S/C24H24N2O4/c1-29-18-9-7-16(8-10-18)12-14-25-22(27)20-19-11-13-24(30-19)15-26(23(28)21(20)24)17-5-3-2-4-6-17/h2-11,13,19-21H,12,14-15H2,1H3,(H,25,27)/t19-,20-,21+,24-/m1/s1. The van der Waals surface area contributed by atoms with Gasteiger partial charge in [0.1, 0.15) is 11.4 Å². The van der Waals surface area contributed by atoms with Crippen LogP contribution in [-0.2, 0) is 20.7 Å². The minimum atomic E-state index is -0.699. The smallest absolute Gasteiger partial charge is 0.234 e. The summed E-state index contributed by atoms with van der Waals surface area (Å²) in [5, 5.41) is 3.02. The Bertz CT molecular complexity index is 988. The van der Waals surface area contributed by atoms with Gasteiger partial charge in [-0.15, -0.1) is 0 Å². The lowest BCUT2D eigenvalue weighted by molar-refractivity contribution is -0.131. The average Bonchev–Trinajstić information content (AvgIpc) is 3.43. The first kappa shape index (κ1) is 18.9. The van der Waals surface area contributed by atoms with E-state index in [2.05, 4.69) is 5.32 Å². The van der Waals surface area contributed by atoms with Crippen LogP contribution in [0.2, 0.25) is 0 Å². The number of carbonyl (C=O) groups is 2. The number of nitrogens with one attached hydrogen (secondary N) is 1. The number of hydrogen-bond acceptors (Lipinski definition) is 4. The van der Waals surface area contributed by atoms with Gasteiger partial charge in [-0.1, -0.05) is 42.5 Å². The van der Waals surface area contributed by atoms with Crippen molar-refractivity contribution in [2.24, 2.45) is 11.8 Å². The zero-order valence-corrected chi connectivity index (χ0v) is 16.8. The van der Waals surface area contributed by atoms with Crippen molar-refractivity contribution in [3.8, 4) is 5.75 Å². The number of anilines is 1. The second kappa shape index (κ2) is 7.29. The maximum atomic E-state index is 13.3. The molecule has 3 heterocycles. The maximum absolute atomic E-state index is 13.3. The first-order chi connectivity index (χ1) is 14.6. The molecule has 0 saturated carbocycles. The second-order valence-electron chi connectivity index (χ2n) is 8.05. The molecule has 0 unspecified atom stereocenters. The number of hydrogen-bond donors (Lipinski definition) is 1. The fraction of sp³-hybridized carbons (Fsp3) is 0.333. The van der Waals surface area contributed by atoms with E-state index in [1.807, 2.05) is 66.7 Å². The van der Waals surface area contributed by atoms with Gasteiger partial charge in [-0.25, -0.2) is 0 Å². The van der Waals surface area contributed by atoms with E-state index in [-0.39, 0.29) is 17.9 Å². The van der Waals surface area contributed by atoms with Crippen molar-refractivity contribution < 1.29 is 19.1 Å². The number of methoxy groups -OCH3 is 1. The summed E-state index contributed by atoms with van der Waals surface area (Å²) in [4.78, 5) is 28.0. The summed E-state index contributed by atoms with van der Waals surface area (Å²) in [6, 6.07) is 17.4. The van der Waals surface area contributed by atoms with Crippen LogP contribution < -0.4 is 15.0 Å². The molecule has 6 nitrogen and oxygen atoms in total. The van der Waals surface area contributed by atoms with Crippen molar-refractivity contribution in [2.75, 3.05) is 25.1 Å². The average molecular weight is 404 g/mol. The molecule has 4 atom stereocenters. The molecule has 5 rings (SSSR count). The summed E-state index contributed by atoms with van der Waals surface area (Å²) in [5.41, 5.74) is 1.25. The highest BCUT2D eigenvalue weighted by atomic mass is 16.5. The van der Waals surface area contributed by atoms with E-state index in [1.54, 1.807) is 12.0 Å². The van der Waals surface area contributed by atoms with Gasteiger partial charge in [0, 0.05) is 12.2 Å². The molecule has 1 N–H and O–H groups in total. The summed E-state index contributed by atoms with van der Waals surface area (Å²) < 4.78 is 11.4. The van der Waals surface area contributed by atoms with Gasteiger partial charge in [-0.2, -0.15) is 0 Å². The third-order valence-electron chi connectivity index (χ3n) is 6.34. The van der Waals surface area contributed by atoms with Crippen LogP contribution >= 0.6 is 0 Å². The van der Waals surface area contributed by atoms with Crippen LogP contribution in [0.1, 0.15) is 5.56 Å². The molecule has 2 fully saturated rings. The lowest BCUT2D eigenvalue weighted by Crippen LogP contribution is -2.44. The molecule has 2 aromatic carbocycles. The van der Waals surface area contributed by atoms with E-state index < -0.39 is 17.4 Å². The third-order valence-corrected chi connectivity index (χ3v) is 6.34. The molecule has 2 amide bonds. The van der Waals surface area contributed by atoms with Crippen LogP contribution in [0.15, 0.2) is 66.7 Å². The van der Waals surface area contributed by atoms with Gasteiger partial charge in [0.15, 0.2) is 0 Å². The number of ether oxygens (including phenoxy) is 2. The van der Waals surface area contributed by atoms with Gasteiger partial charge >= 0.3 is 0 Å². The van der Waals surface area contributed by atoms with E-state index in [1.165, 1.54) is 0 Å². The van der Waals surface area contributed by atoms with E-state index >= 15 is 0 Å². The molecule has 6 heteroatoms. The molecule has 2 bridgehead atoms. The van der Waals surface area contributed by atoms with Crippen LogP contribution in [0.3, 0.4) is 0 Å². The van der Waals surface area contributed by atoms with Gasteiger partial charge in [0.25, 0.3) is 0 Å². The number of nitrogens with zero attached hydrogens (tertiary/aromatic N) is 1. The topological polar surface area (TPSA) is 67.9 Å². The Morgan fingerprint density at radius 3 is 2.70 bits per heavy atom. The van der Waals surface area contributed by atoms with Crippen molar-refractivity contribution in [1.29, 1.82) is 0 Å². The Kier molecular flexibility index (Phi) is 4.59. The van der Waals surface area contributed by atoms with Crippen LogP contribution in [0.25, 0.3) is 0 Å². The molecule has 2 aromatic rings. The molecule has 30 heavy (non-hydrogen) atoms. The quantitative estimate of drug-likeness (QED) is 0.751. The van der Waals surface area contributed by atoms with Crippen molar-refractivity contribution >= 4 is 17.5 Å². The van der Waals surface area contributed by atoms with Gasteiger partial charge in [0.2, 0.25) is 11.8 Å². The molecule has 3 aliphatic heterocycles. The number of para-hydroxylation sites is 1. The SMILES string of the molecule is COc1ccc(CCNC(=O)[C@H]2[C@H]3C(=O)N(c4ccccc4)C[C@]34C=C[C@H]2O4)cc1. The third kappa shape index (κ3) is 2.99. The molecular weight excluding hydrogens is 380 g/mol. The number of fused-ring (bicyclic) bond motifs is 1. The van der Waals surface area contributed by atoms with Crippen molar-refractivity contribution in [2.45, 2.75) is 18.1 Å². The highest BCUT2D eigenvalue weighted by Gasteiger charge is 2.66. The summed E-state index contributed by atoms with van der Waals surface area (Å²) in [6.45, 7) is 0.956. The summed E-state index contributed by atoms with van der Waals surface area (Å²) in [7, 11) is 1.64.